The molecule has 1 atom stereocenters. The van der Waals surface area contributed by atoms with Crippen LogP contribution in [0.15, 0.2) is 57.5 Å². The van der Waals surface area contributed by atoms with E-state index in [1.807, 2.05) is 51.1 Å². The number of hydrogen-bond donors (Lipinski definition) is 1. The lowest BCUT2D eigenvalue weighted by Gasteiger charge is -2.20. The van der Waals surface area contributed by atoms with E-state index in [4.69, 9.17) is 4.52 Å². The van der Waals surface area contributed by atoms with Crippen LogP contribution in [-0.4, -0.2) is 16.0 Å². The first-order valence-electron chi connectivity index (χ1n) is 9.86. The molecule has 5 nitrogen and oxygen atoms in total. The molecular weight excluding hydrogens is 449 g/mol. The third-order valence-corrected chi connectivity index (χ3v) is 5.14. The predicted molar refractivity (Wildman–Crippen MR) is 116 cm³/mol. The number of carbonyl (C=O) groups excluding carboxylic acids is 1. The van der Waals surface area contributed by atoms with Crippen LogP contribution < -0.4 is 5.32 Å². The summed E-state index contributed by atoms with van der Waals surface area (Å²) in [6.45, 7) is 6.04. The number of aromatic nitrogens is 2. The molecule has 3 aromatic rings. The summed E-state index contributed by atoms with van der Waals surface area (Å²) in [6, 6.07) is 13.7. The minimum absolute atomic E-state index is 0.165. The number of amides is 1. The molecule has 0 bridgehead atoms. The molecule has 3 rings (SSSR count). The summed E-state index contributed by atoms with van der Waals surface area (Å²) < 4.78 is 20.5. The van der Waals surface area contributed by atoms with Crippen molar-refractivity contribution in [3.8, 4) is 0 Å². The molecule has 1 heterocycles. The minimum atomic E-state index is -0.567. The number of rotatable bonds is 7. The van der Waals surface area contributed by atoms with Gasteiger partial charge in [-0.25, -0.2) is 4.39 Å². The molecule has 1 N–H and O–H groups in total. The Kier molecular flexibility index (Phi) is 7.02. The van der Waals surface area contributed by atoms with E-state index in [2.05, 4.69) is 31.4 Å². The highest BCUT2D eigenvalue weighted by Gasteiger charge is 2.22. The Morgan fingerprint density at radius 3 is 2.57 bits per heavy atom. The molecule has 1 unspecified atom stereocenters. The summed E-state index contributed by atoms with van der Waals surface area (Å²) in [5.41, 5.74) is 1.06. The fourth-order valence-electron chi connectivity index (χ4n) is 3.02. The maximum absolute atomic E-state index is 14.6. The fourth-order valence-corrected chi connectivity index (χ4v) is 3.35. The first kappa shape index (κ1) is 22.2. The van der Waals surface area contributed by atoms with Crippen LogP contribution in [0, 0.1) is 5.82 Å². The molecular formula is C23H25BrFN3O2. The summed E-state index contributed by atoms with van der Waals surface area (Å²) in [4.78, 5) is 17.0. The van der Waals surface area contributed by atoms with Gasteiger partial charge in [-0.05, 0) is 24.1 Å². The van der Waals surface area contributed by atoms with Crippen molar-refractivity contribution in [2.75, 3.05) is 0 Å². The van der Waals surface area contributed by atoms with Crippen molar-refractivity contribution in [2.24, 2.45) is 0 Å². The number of nitrogens with zero attached hydrogens (tertiary/aromatic N) is 2. The molecule has 158 valence electrons. The average Bonchev–Trinajstić information content (AvgIpc) is 3.17. The topological polar surface area (TPSA) is 68.0 Å². The van der Waals surface area contributed by atoms with Gasteiger partial charge in [0.1, 0.15) is 5.82 Å². The van der Waals surface area contributed by atoms with Gasteiger partial charge in [0.25, 0.3) is 0 Å². The van der Waals surface area contributed by atoms with Crippen molar-refractivity contribution in [3.05, 3.63) is 81.7 Å². The van der Waals surface area contributed by atoms with Crippen LogP contribution in [0.25, 0.3) is 0 Å². The maximum Gasteiger partial charge on any atom is 0.226 e. The van der Waals surface area contributed by atoms with Crippen molar-refractivity contribution < 1.29 is 13.7 Å². The second kappa shape index (κ2) is 9.51. The molecule has 0 aliphatic carbocycles. The summed E-state index contributed by atoms with van der Waals surface area (Å²) in [6.07, 6.45) is 1.34. The molecule has 0 aliphatic rings. The lowest BCUT2D eigenvalue weighted by Crippen LogP contribution is -2.29. The molecule has 0 radical (unpaired) electrons. The fraction of sp³-hybridized carbons (Fsp3) is 0.348. The van der Waals surface area contributed by atoms with Gasteiger partial charge in [-0.15, -0.1) is 0 Å². The smallest absolute Gasteiger partial charge is 0.226 e. The second-order valence-electron chi connectivity index (χ2n) is 8.19. The maximum atomic E-state index is 14.6. The van der Waals surface area contributed by atoms with Crippen LogP contribution in [0.3, 0.4) is 0 Å². The Balaban J connectivity index is 1.66. The molecule has 7 heteroatoms. The lowest BCUT2D eigenvalue weighted by molar-refractivity contribution is -0.121. The third kappa shape index (κ3) is 5.75. The zero-order chi connectivity index (χ0) is 21.7. The molecule has 1 amide bonds. The monoisotopic (exact) mass is 473 g/mol. The molecule has 0 saturated heterocycles. The first-order valence-corrected chi connectivity index (χ1v) is 10.7. The number of hydrogen-bond acceptors (Lipinski definition) is 4. The van der Waals surface area contributed by atoms with Crippen LogP contribution in [0.5, 0.6) is 0 Å². The number of benzene rings is 2. The molecule has 0 fully saturated rings. The highest BCUT2D eigenvalue weighted by atomic mass is 79.9. The van der Waals surface area contributed by atoms with Crippen LogP contribution in [0.1, 0.15) is 62.5 Å². The highest BCUT2D eigenvalue weighted by molar-refractivity contribution is 9.10. The molecule has 0 aliphatic heterocycles. The van der Waals surface area contributed by atoms with Crippen molar-refractivity contribution in [1.82, 2.24) is 15.5 Å². The Labute approximate surface area is 184 Å². The van der Waals surface area contributed by atoms with Crippen molar-refractivity contribution in [3.63, 3.8) is 0 Å². The second-order valence-corrected chi connectivity index (χ2v) is 9.11. The van der Waals surface area contributed by atoms with Gasteiger partial charge in [-0.3, -0.25) is 4.79 Å². The van der Waals surface area contributed by atoms with Crippen LogP contribution in [-0.2, 0) is 16.6 Å². The lowest BCUT2D eigenvalue weighted by atomic mass is 9.96. The number of halogens is 2. The van der Waals surface area contributed by atoms with E-state index in [-0.39, 0.29) is 23.6 Å². The zero-order valence-corrected chi connectivity index (χ0v) is 18.9. The standard InChI is InChI=1S/C23H25BrFN3O2/c1-23(2,3)22-27-20(30-28-22)11-7-10-19(29)26-21(15-8-5-4-6-9-15)17-13-12-16(24)14-18(17)25/h4-6,8-9,12-14,21H,7,10-11H2,1-3H3,(H,26,29). The Morgan fingerprint density at radius 2 is 1.93 bits per heavy atom. The van der Waals surface area contributed by atoms with Crippen molar-refractivity contribution in [1.29, 1.82) is 0 Å². The summed E-state index contributed by atoms with van der Waals surface area (Å²) in [5, 5.41) is 6.96. The summed E-state index contributed by atoms with van der Waals surface area (Å²) in [7, 11) is 0. The zero-order valence-electron chi connectivity index (χ0n) is 17.3. The molecule has 30 heavy (non-hydrogen) atoms. The van der Waals surface area contributed by atoms with Gasteiger partial charge in [0.15, 0.2) is 5.82 Å². The Morgan fingerprint density at radius 1 is 1.20 bits per heavy atom. The van der Waals surface area contributed by atoms with Gasteiger partial charge in [0.2, 0.25) is 11.8 Å². The minimum Gasteiger partial charge on any atom is -0.345 e. The number of carbonyl (C=O) groups is 1. The third-order valence-electron chi connectivity index (χ3n) is 4.65. The van der Waals surface area contributed by atoms with E-state index in [0.717, 1.165) is 5.56 Å². The number of nitrogens with one attached hydrogen (secondary N) is 1. The van der Waals surface area contributed by atoms with Crippen LogP contribution >= 0.6 is 15.9 Å². The Bertz CT molecular complexity index is 999. The van der Waals surface area contributed by atoms with Crippen LogP contribution in [0.4, 0.5) is 4.39 Å². The molecule has 0 spiro atoms. The van der Waals surface area contributed by atoms with Crippen LogP contribution in [0.2, 0.25) is 0 Å². The van der Waals surface area contributed by atoms with E-state index in [1.54, 1.807) is 12.1 Å². The molecule has 1 aromatic heterocycles. The average molecular weight is 474 g/mol. The van der Waals surface area contributed by atoms with E-state index in [9.17, 15) is 9.18 Å². The van der Waals surface area contributed by atoms with Gasteiger partial charge in [-0.1, -0.05) is 78.3 Å². The Hall–Kier alpha value is -2.54. The van der Waals surface area contributed by atoms with Gasteiger partial charge < -0.3 is 9.84 Å². The van der Waals surface area contributed by atoms with Gasteiger partial charge in [0, 0.05) is 28.3 Å². The quantitative estimate of drug-likeness (QED) is 0.491. The first-order chi connectivity index (χ1) is 14.2. The molecule has 2 aromatic carbocycles. The number of aryl methyl sites for hydroxylation is 1. The van der Waals surface area contributed by atoms with E-state index >= 15 is 0 Å². The van der Waals surface area contributed by atoms with Gasteiger partial charge >= 0.3 is 0 Å². The van der Waals surface area contributed by atoms with Gasteiger partial charge in [0.05, 0.1) is 6.04 Å². The van der Waals surface area contributed by atoms with Crippen molar-refractivity contribution in [2.45, 2.75) is 51.5 Å². The van der Waals surface area contributed by atoms with E-state index in [1.165, 1.54) is 6.07 Å². The summed E-state index contributed by atoms with van der Waals surface area (Å²) in [5.74, 6) is 0.629. The SMILES string of the molecule is CC(C)(C)c1noc(CCCC(=O)NC(c2ccccc2)c2ccc(Br)cc2F)n1. The predicted octanol–water partition coefficient (Wildman–Crippen LogP) is 5.50. The molecule has 0 saturated carbocycles. The van der Waals surface area contributed by atoms with Gasteiger partial charge in [-0.2, -0.15) is 4.98 Å². The normalized spacial score (nSPS) is 12.6. The highest BCUT2D eigenvalue weighted by Crippen LogP contribution is 2.27. The van der Waals surface area contributed by atoms with E-state index < -0.39 is 6.04 Å². The van der Waals surface area contributed by atoms with E-state index in [0.29, 0.717) is 34.6 Å². The van der Waals surface area contributed by atoms with Crippen molar-refractivity contribution >= 4 is 21.8 Å². The summed E-state index contributed by atoms with van der Waals surface area (Å²) >= 11 is 3.28. The largest absolute Gasteiger partial charge is 0.345 e.